The lowest BCUT2D eigenvalue weighted by Gasteiger charge is -2.12. The molecule has 2 atom stereocenters. The van der Waals surface area contributed by atoms with Crippen LogP contribution in [0.1, 0.15) is 37.5 Å². The topological polar surface area (TPSA) is 273 Å². The van der Waals surface area contributed by atoms with E-state index in [1.54, 1.807) is 0 Å². The van der Waals surface area contributed by atoms with Crippen molar-refractivity contribution in [3.05, 3.63) is 11.7 Å². The van der Waals surface area contributed by atoms with Crippen molar-refractivity contribution >= 4 is 29.7 Å². The van der Waals surface area contributed by atoms with Crippen LogP contribution in [-0.4, -0.2) is 51.0 Å². The first-order valence-electron chi connectivity index (χ1n) is 7.60. The van der Waals surface area contributed by atoms with Crippen LogP contribution in [0.4, 0.5) is 4.79 Å². The van der Waals surface area contributed by atoms with Crippen molar-refractivity contribution in [2.24, 2.45) is 22.9 Å². The number of hydrogen-bond donors (Lipinski definition) is 7. The van der Waals surface area contributed by atoms with Crippen LogP contribution in [-0.2, 0) is 25.7 Å². The quantitative estimate of drug-likeness (QED) is 0.214. The highest BCUT2D eigenvalue weighted by Gasteiger charge is 2.22. The first-order chi connectivity index (χ1) is 12.9. The van der Waals surface area contributed by atoms with Gasteiger partial charge in [0.25, 0.3) is 0 Å². The summed E-state index contributed by atoms with van der Waals surface area (Å²) in [6.07, 6.45) is -0.740. The van der Waals surface area contributed by atoms with E-state index >= 15 is 0 Å². The SMILES string of the molecule is CC(N)=O.NC(=O)CC(NC(=O)NCc1nc(C(N)CC(N)=O)no1)C(=O)O. The van der Waals surface area contributed by atoms with Gasteiger partial charge in [-0.15, -0.1) is 0 Å². The minimum atomic E-state index is -1.47. The van der Waals surface area contributed by atoms with E-state index in [1.807, 2.05) is 5.32 Å². The van der Waals surface area contributed by atoms with Gasteiger partial charge in [-0.1, -0.05) is 5.16 Å². The first-order valence-corrected chi connectivity index (χ1v) is 7.60. The molecule has 1 aromatic heterocycles. The molecule has 0 aliphatic rings. The number of aliphatic carboxylic acids is 1. The van der Waals surface area contributed by atoms with Gasteiger partial charge >= 0.3 is 12.0 Å². The van der Waals surface area contributed by atoms with Crippen LogP contribution in [0.2, 0.25) is 0 Å². The Labute approximate surface area is 158 Å². The molecule has 1 aromatic rings. The van der Waals surface area contributed by atoms with Gasteiger partial charge in [-0.2, -0.15) is 4.98 Å². The molecule has 0 spiro atoms. The smallest absolute Gasteiger partial charge is 0.326 e. The van der Waals surface area contributed by atoms with Crippen molar-refractivity contribution in [1.82, 2.24) is 20.8 Å². The van der Waals surface area contributed by atoms with Crippen molar-refractivity contribution in [1.29, 1.82) is 0 Å². The minimum Gasteiger partial charge on any atom is -0.480 e. The number of carbonyl (C=O) groups excluding carboxylic acids is 4. The zero-order valence-electron chi connectivity index (χ0n) is 14.9. The molecule has 0 aliphatic heterocycles. The van der Waals surface area contributed by atoms with Crippen molar-refractivity contribution < 1.29 is 33.6 Å². The average Bonchev–Trinajstić information content (AvgIpc) is 2.99. The molecule has 0 saturated heterocycles. The van der Waals surface area contributed by atoms with E-state index < -0.39 is 42.3 Å². The summed E-state index contributed by atoms with van der Waals surface area (Å²) in [6.45, 7) is 1.07. The van der Waals surface area contributed by atoms with Gasteiger partial charge in [-0.05, 0) is 0 Å². The van der Waals surface area contributed by atoms with Crippen molar-refractivity contribution in [2.45, 2.75) is 38.4 Å². The van der Waals surface area contributed by atoms with Gasteiger partial charge in [-0.3, -0.25) is 14.4 Å². The fourth-order valence-electron chi connectivity index (χ4n) is 1.56. The zero-order valence-corrected chi connectivity index (χ0v) is 14.9. The summed E-state index contributed by atoms with van der Waals surface area (Å²) in [7, 11) is 0. The fourth-order valence-corrected chi connectivity index (χ4v) is 1.56. The minimum absolute atomic E-state index is 0.0261. The van der Waals surface area contributed by atoms with Crippen molar-refractivity contribution in [3.8, 4) is 0 Å². The number of aromatic nitrogens is 2. The number of nitrogens with one attached hydrogen (secondary N) is 2. The molecule has 2 unspecified atom stereocenters. The van der Waals surface area contributed by atoms with Gasteiger partial charge in [0.1, 0.15) is 6.04 Å². The maximum atomic E-state index is 11.6. The Hall–Kier alpha value is -3.75. The molecule has 15 heteroatoms. The summed E-state index contributed by atoms with van der Waals surface area (Å²) in [5.41, 5.74) is 20.0. The number of nitrogens with two attached hydrogens (primary N) is 4. The van der Waals surface area contributed by atoms with Crippen LogP contribution >= 0.6 is 0 Å². The second-order valence-electron chi connectivity index (χ2n) is 5.32. The number of amides is 5. The van der Waals surface area contributed by atoms with Gasteiger partial charge in [0.2, 0.25) is 23.6 Å². The number of rotatable bonds is 9. The first kappa shape index (κ1) is 24.2. The largest absolute Gasteiger partial charge is 0.480 e. The molecular formula is C13H22N8O7. The maximum Gasteiger partial charge on any atom is 0.326 e. The summed E-state index contributed by atoms with van der Waals surface area (Å²) in [6, 6.07) is -3.20. The number of hydrogen-bond acceptors (Lipinski definition) is 9. The lowest BCUT2D eigenvalue weighted by atomic mass is 10.2. The van der Waals surface area contributed by atoms with E-state index in [0.717, 1.165) is 0 Å². The summed E-state index contributed by atoms with van der Waals surface area (Å²) < 4.78 is 4.81. The Morgan fingerprint density at radius 2 is 1.64 bits per heavy atom. The lowest BCUT2D eigenvalue weighted by molar-refractivity contribution is -0.140. The second-order valence-corrected chi connectivity index (χ2v) is 5.32. The van der Waals surface area contributed by atoms with Gasteiger partial charge in [0, 0.05) is 13.3 Å². The van der Waals surface area contributed by atoms with E-state index in [1.165, 1.54) is 6.92 Å². The maximum absolute atomic E-state index is 11.6. The predicted molar refractivity (Wildman–Crippen MR) is 90.5 cm³/mol. The second kappa shape index (κ2) is 11.8. The monoisotopic (exact) mass is 402 g/mol. The van der Waals surface area contributed by atoms with E-state index in [9.17, 15) is 24.0 Å². The van der Waals surface area contributed by atoms with Crippen molar-refractivity contribution in [3.63, 3.8) is 0 Å². The molecule has 1 heterocycles. The van der Waals surface area contributed by atoms with Crippen LogP contribution in [0, 0.1) is 0 Å². The zero-order chi connectivity index (χ0) is 21.9. The molecule has 0 fully saturated rings. The Morgan fingerprint density at radius 3 is 2.11 bits per heavy atom. The molecule has 0 radical (unpaired) electrons. The molecule has 0 saturated carbocycles. The van der Waals surface area contributed by atoms with Gasteiger partial charge < -0.3 is 43.2 Å². The van der Waals surface area contributed by atoms with Crippen LogP contribution < -0.4 is 33.6 Å². The summed E-state index contributed by atoms with van der Waals surface area (Å²) in [4.78, 5) is 57.0. The molecule has 15 nitrogen and oxygen atoms in total. The third-order valence-electron chi connectivity index (χ3n) is 2.65. The number of nitrogens with zero attached hydrogens (tertiary/aromatic N) is 2. The Balaban J connectivity index is 0.00000165. The number of carboxylic acids is 1. The number of primary amides is 3. The highest BCUT2D eigenvalue weighted by molar-refractivity contribution is 5.87. The molecular weight excluding hydrogens is 380 g/mol. The molecule has 11 N–H and O–H groups in total. The molecule has 0 bridgehead atoms. The third-order valence-corrected chi connectivity index (χ3v) is 2.65. The third kappa shape index (κ3) is 11.0. The molecule has 28 heavy (non-hydrogen) atoms. The Morgan fingerprint density at radius 1 is 1.11 bits per heavy atom. The lowest BCUT2D eigenvalue weighted by Crippen LogP contribution is -2.47. The van der Waals surface area contributed by atoms with Crippen LogP contribution in [0.25, 0.3) is 0 Å². The summed E-state index contributed by atoms with van der Waals surface area (Å²) in [5.74, 6) is -3.26. The summed E-state index contributed by atoms with van der Waals surface area (Å²) >= 11 is 0. The normalized spacial score (nSPS) is 11.9. The van der Waals surface area contributed by atoms with Gasteiger partial charge in [-0.25, -0.2) is 9.59 Å². The molecule has 0 aromatic carbocycles. The van der Waals surface area contributed by atoms with Crippen LogP contribution in [0.3, 0.4) is 0 Å². The molecule has 156 valence electrons. The van der Waals surface area contributed by atoms with Gasteiger partial charge in [0.05, 0.1) is 19.0 Å². The van der Waals surface area contributed by atoms with E-state index in [4.69, 9.17) is 26.8 Å². The van der Waals surface area contributed by atoms with Crippen LogP contribution in [0.15, 0.2) is 4.52 Å². The number of carbonyl (C=O) groups is 5. The molecule has 1 rings (SSSR count). The molecule has 5 amide bonds. The molecule has 0 aliphatic carbocycles. The summed E-state index contributed by atoms with van der Waals surface area (Å²) in [5, 5.41) is 16.7. The van der Waals surface area contributed by atoms with E-state index in [-0.39, 0.29) is 30.6 Å². The Bertz CT molecular complexity index is 715. The number of urea groups is 1. The average molecular weight is 402 g/mol. The predicted octanol–water partition coefficient (Wildman–Crippen LogP) is -3.44. The van der Waals surface area contributed by atoms with Gasteiger partial charge in [0.15, 0.2) is 5.82 Å². The fraction of sp³-hybridized carbons (Fsp3) is 0.462. The van der Waals surface area contributed by atoms with E-state index in [2.05, 4.69) is 21.2 Å². The highest BCUT2D eigenvalue weighted by atomic mass is 16.5. The Kier molecular flexibility index (Phi) is 10.2. The standard InChI is InChI=1S/C11H17N7O6.C2H5NO/c12-4(1-6(13)19)9-17-8(24-18-9)3-15-11(23)16-5(10(21)22)2-7(14)20;1-2(3)4/h4-5H,1-3,12H2,(H2,13,19)(H2,14,20)(H,21,22)(H2,15,16,23);1H3,(H2,3,4). The highest BCUT2D eigenvalue weighted by Crippen LogP contribution is 2.09. The van der Waals surface area contributed by atoms with Crippen LogP contribution in [0.5, 0.6) is 0 Å². The number of carboxylic acid groups (broad SMARTS) is 1. The van der Waals surface area contributed by atoms with E-state index in [0.29, 0.717) is 0 Å². The van der Waals surface area contributed by atoms with Crippen molar-refractivity contribution in [2.75, 3.05) is 0 Å².